The molecule has 2 saturated heterocycles. The molecule has 0 spiro atoms. The normalized spacial score (nSPS) is 24.3. The van der Waals surface area contributed by atoms with Gasteiger partial charge in [-0.25, -0.2) is 18.4 Å². The van der Waals surface area contributed by atoms with Crippen LogP contribution in [-0.2, 0) is 27.2 Å². The second kappa shape index (κ2) is 10.2. The molecule has 0 bridgehead atoms. The van der Waals surface area contributed by atoms with Crippen molar-refractivity contribution in [3.63, 3.8) is 0 Å². The van der Waals surface area contributed by atoms with Crippen LogP contribution in [0.25, 0.3) is 0 Å². The van der Waals surface area contributed by atoms with E-state index < -0.39 is 47.6 Å². The topological polar surface area (TPSA) is 77.1 Å². The van der Waals surface area contributed by atoms with E-state index in [-0.39, 0.29) is 19.1 Å². The Hall–Kier alpha value is -3.20. The highest BCUT2D eigenvalue weighted by atomic mass is 19.1. The Balaban J connectivity index is 1.53. The Labute approximate surface area is 203 Å². The van der Waals surface area contributed by atoms with Crippen LogP contribution in [0, 0.1) is 11.6 Å². The molecule has 4 rings (SSSR count). The van der Waals surface area contributed by atoms with Crippen molar-refractivity contribution >= 4 is 12.2 Å². The van der Waals surface area contributed by atoms with Gasteiger partial charge in [0.25, 0.3) is 0 Å². The fourth-order valence-corrected chi connectivity index (χ4v) is 4.55. The van der Waals surface area contributed by atoms with E-state index in [0.717, 1.165) is 11.6 Å². The molecular weight excluding hydrogens is 458 g/mol. The molecule has 2 aromatic rings. The summed E-state index contributed by atoms with van der Waals surface area (Å²) in [4.78, 5) is 26.8. The number of rotatable bonds is 6. The minimum Gasteiger partial charge on any atom is -0.444 e. The molecule has 2 aliphatic heterocycles. The molecule has 2 aromatic carbocycles. The number of hydrogen-bond donors (Lipinski definition) is 1. The zero-order chi connectivity index (χ0) is 25.2. The SMILES string of the molecule is CC(C)(C)OC(=O)N1C[C@H](OCc2ccccc2)C[C@H]1[C@H]1OC(=O)N[C@H]1Cc1cc(F)cc(F)c1. The number of amides is 2. The lowest BCUT2D eigenvalue weighted by atomic mass is 9.95. The second-order valence-corrected chi connectivity index (χ2v) is 9.96. The first-order chi connectivity index (χ1) is 16.6. The summed E-state index contributed by atoms with van der Waals surface area (Å²) in [6, 6.07) is 11.8. The number of carbonyl (C=O) groups excluding carboxylic acids is 2. The van der Waals surface area contributed by atoms with Gasteiger partial charge in [0.15, 0.2) is 0 Å². The van der Waals surface area contributed by atoms with Crippen LogP contribution in [0.5, 0.6) is 0 Å². The van der Waals surface area contributed by atoms with Crippen molar-refractivity contribution < 1.29 is 32.6 Å². The number of likely N-dealkylation sites (tertiary alicyclic amines) is 1. The number of carbonyl (C=O) groups is 2. The maximum absolute atomic E-state index is 13.7. The van der Waals surface area contributed by atoms with Crippen molar-refractivity contribution in [3.05, 3.63) is 71.3 Å². The van der Waals surface area contributed by atoms with E-state index in [1.807, 2.05) is 30.3 Å². The van der Waals surface area contributed by atoms with Crippen LogP contribution in [0.3, 0.4) is 0 Å². The van der Waals surface area contributed by atoms with E-state index >= 15 is 0 Å². The lowest BCUT2D eigenvalue weighted by Crippen LogP contribution is -2.50. The highest BCUT2D eigenvalue weighted by molar-refractivity contribution is 5.72. The molecule has 2 amide bonds. The Morgan fingerprint density at radius 3 is 2.46 bits per heavy atom. The van der Waals surface area contributed by atoms with E-state index in [9.17, 15) is 18.4 Å². The lowest BCUT2D eigenvalue weighted by Gasteiger charge is -2.32. The zero-order valence-corrected chi connectivity index (χ0v) is 20.0. The van der Waals surface area contributed by atoms with E-state index in [1.54, 1.807) is 20.8 Å². The summed E-state index contributed by atoms with van der Waals surface area (Å²) >= 11 is 0. The summed E-state index contributed by atoms with van der Waals surface area (Å²) < 4.78 is 44.7. The van der Waals surface area contributed by atoms with Gasteiger partial charge in [-0.15, -0.1) is 0 Å². The lowest BCUT2D eigenvalue weighted by molar-refractivity contribution is 0.00338. The minimum absolute atomic E-state index is 0.138. The van der Waals surface area contributed by atoms with Crippen molar-refractivity contribution in [1.82, 2.24) is 10.2 Å². The molecule has 0 saturated carbocycles. The third-order valence-electron chi connectivity index (χ3n) is 5.96. The van der Waals surface area contributed by atoms with E-state index in [1.165, 1.54) is 17.0 Å². The molecule has 188 valence electrons. The summed E-state index contributed by atoms with van der Waals surface area (Å²) in [5, 5.41) is 2.72. The number of nitrogens with zero attached hydrogens (tertiary/aromatic N) is 1. The predicted octanol–water partition coefficient (Wildman–Crippen LogP) is 4.58. The van der Waals surface area contributed by atoms with Gasteiger partial charge in [0.05, 0.1) is 31.3 Å². The molecular formula is C26H30F2N2O5. The number of nitrogens with one attached hydrogen (secondary N) is 1. The Bertz CT molecular complexity index is 1040. The van der Waals surface area contributed by atoms with Gasteiger partial charge in [-0.3, -0.25) is 4.90 Å². The van der Waals surface area contributed by atoms with E-state index in [2.05, 4.69) is 5.32 Å². The number of alkyl carbamates (subject to hydrolysis) is 1. The van der Waals surface area contributed by atoms with Gasteiger partial charge in [0, 0.05) is 6.07 Å². The van der Waals surface area contributed by atoms with Crippen LogP contribution < -0.4 is 5.32 Å². The summed E-state index contributed by atoms with van der Waals surface area (Å²) in [6.07, 6.45) is -1.67. The Morgan fingerprint density at radius 2 is 1.80 bits per heavy atom. The third-order valence-corrected chi connectivity index (χ3v) is 5.96. The maximum Gasteiger partial charge on any atom is 0.410 e. The molecule has 2 fully saturated rings. The molecule has 0 aromatic heterocycles. The van der Waals surface area contributed by atoms with Crippen molar-refractivity contribution in [3.8, 4) is 0 Å². The molecule has 1 N–H and O–H groups in total. The highest BCUT2D eigenvalue weighted by Crippen LogP contribution is 2.31. The standard InChI is InChI=1S/C26H30F2N2O5/c1-26(2,3)35-25(32)30-14-20(33-15-16-7-5-4-6-8-16)13-22(30)23-21(29-24(31)34-23)11-17-9-18(27)12-19(28)10-17/h4-10,12,20-23H,11,13-15H2,1-3H3,(H,29,31)/t20-,21+,22+,23+/m1/s1. The maximum atomic E-state index is 13.7. The van der Waals surface area contributed by atoms with Crippen LogP contribution >= 0.6 is 0 Å². The number of ether oxygens (including phenoxy) is 3. The highest BCUT2D eigenvalue weighted by Gasteiger charge is 2.49. The van der Waals surface area contributed by atoms with Gasteiger partial charge in [0.2, 0.25) is 0 Å². The molecule has 0 aliphatic carbocycles. The molecule has 2 aliphatic rings. The zero-order valence-electron chi connectivity index (χ0n) is 20.0. The first kappa shape index (κ1) is 24.9. The first-order valence-corrected chi connectivity index (χ1v) is 11.6. The molecule has 7 nitrogen and oxygen atoms in total. The van der Waals surface area contributed by atoms with Gasteiger partial charge >= 0.3 is 12.2 Å². The average molecular weight is 489 g/mol. The predicted molar refractivity (Wildman–Crippen MR) is 124 cm³/mol. The molecule has 4 atom stereocenters. The van der Waals surface area contributed by atoms with Gasteiger partial charge in [-0.2, -0.15) is 0 Å². The van der Waals surface area contributed by atoms with Crippen molar-refractivity contribution in [2.75, 3.05) is 6.54 Å². The number of halogens is 2. The smallest absolute Gasteiger partial charge is 0.410 e. The fraction of sp³-hybridized carbons (Fsp3) is 0.462. The number of cyclic esters (lactones) is 1. The third kappa shape index (κ3) is 6.48. The molecule has 0 radical (unpaired) electrons. The summed E-state index contributed by atoms with van der Waals surface area (Å²) in [5.74, 6) is -1.40. The average Bonchev–Trinajstić information content (AvgIpc) is 3.34. The van der Waals surface area contributed by atoms with Crippen molar-refractivity contribution in [2.24, 2.45) is 0 Å². The summed E-state index contributed by atoms with van der Waals surface area (Å²) in [5.41, 5.74) is 0.662. The number of benzene rings is 2. The van der Waals surface area contributed by atoms with Gasteiger partial charge in [0.1, 0.15) is 23.3 Å². The van der Waals surface area contributed by atoms with E-state index in [4.69, 9.17) is 14.2 Å². The molecule has 35 heavy (non-hydrogen) atoms. The monoisotopic (exact) mass is 488 g/mol. The second-order valence-electron chi connectivity index (χ2n) is 9.96. The van der Waals surface area contributed by atoms with Gasteiger partial charge in [-0.05, 0) is 56.9 Å². The number of hydrogen-bond acceptors (Lipinski definition) is 5. The fourth-order valence-electron chi connectivity index (χ4n) is 4.55. The summed E-state index contributed by atoms with van der Waals surface area (Å²) in [6.45, 7) is 5.96. The Kier molecular flexibility index (Phi) is 7.25. The first-order valence-electron chi connectivity index (χ1n) is 11.6. The quantitative estimate of drug-likeness (QED) is 0.644. The van der Waals surface area contributed by atoms with Crippen LogP contribution in [0.4, 0.5) is 18.4 Å². The minimum atomic E-state index is -0.744. The van der Waals surface area contributed by atoms with Crippen LogP contribution in [0.2, 0.25) is 0 Å². The molecule has 9 heteroatoms. The van der Waals surface area contributed by atoms with Crippen molar-refractivity contribution in [2.45, 2.75) is 70.1 Å². The molecule has 0 unspecified atom stereocenters. The van der Waals surface area contributed by atoms with Crippen LogP contribution in [0.1, 0.15) is 38.3 Å². The van der Waals surface area contributed by atoms with Gasteiger partial charge in [-0.1, -0.05) is 30.3 Å². The Morgan fingerprint density at radius 1 is 1.11 bits per heavy atom. The van der Waals surface area contributed by atoms with Gasteiger partial charge < -0.3 is 19.5 Å². The van der Waals surface area contributed by atoms with Crippen molar-refractivity contribution in [1.29, 1.82) is 0 Å². The largest absolute Gasteiger partial charge is 0.444 e. The molecule has 2 heterocycles. The summed E-state index contributed by atoms with van der Waals surface area (Å²) in [7, 11) is 0. The van der Waals surface area contributed by atoms with E-state index in [0.29, 0.717) is 18.6 Å². The van der Waals surface area contributed by atoms with Crippen LogP contribution in [0.15, 0.2) is 48.5 Å². The van der Waals surface area contributed by atoms with Crippen LogP contribution in [-0.4, -0.2) is 53.5 Å².